The molecule has 0 aliphatic heterocycles. The van der Waals surface area contributed by atoms with Crippen molar-refractivity contribution in [1.29, 1.82) is 0 Å². The van der Waals surface area contributed by atoms with Crippen LogP contribution in [0.5, 0.6) is 11.6 Å². The van der Waals surface area contributed by atoms with Crippen molar-refractivity contribution in [3.63, 3.8) is 0 Å². The first-order valence-electron chi connectivity index (χ1n) is 8.83. The van der Waals surface area contributed by atoms with Crippen molar-refractivity contribution in [2.75, 3.05) is 0 Å². The number of aromatic hydroxyl groups is 2. The fourth-order valence-electron chi connectivity index (χ4n) is 2.77. The SMILES string of the molecule is CC/C(=N/NC(=O)c1ccccc1O)c1c(O)n(-c2ccc(Cl)cc2)c(=O)[nH]c1=O. The maximum atomic E-state index is 12.4. The Kier molecular flexibility index (Phi) is 6.03. The monoisotopic (exact) mass is 428 g/mol. The third-order valence-electron chi connectivity index (χ3n) is 4.24. The molecule has 1 amide bonds. The van der Waals surface area contributed by atoms with Gasteiger partial charge in [0, 0.05) is 5.02 Å². The second-order valence-corrected chi connectivity index (χ2v) is 6.58. The molecule has 0 atom stereocenters. The van der Waals surface area contributed by atoms with Gasteiger partial charge in [0.25, 0.3) is 11.5 Å². The number of hydrazone groups is 1. The number of carbonyl (C=O) groups excluding carboxylic acids is 1. The van der Waals surface area contributed by atoms with Gasteiger partial charge < -0.3 is 10.2 Å². The van der Waals surface area contributed by atoms with Crippen molar-refractivity contribution < 1.29 is 15.0 Å². The molecule has 10 heteroatoms. The molecule has 0 bridgehead atoms. The van der Waals surface area contributed by atoms with Gasteiger partial charge in [0.1, 0.15) is 11.3 Å². The number of phenols is 1. The number of benzene rings is 2. The van der Waals surface area contributed by atoms with Crippen LogP contribution in [0.25, 0.3) is 5.69 Å². The second kappa shape index (κ2) is 8.66. The third kappa shape index (κ3) is 4.11. The van der Waals surface area contributed by atoms with Gasteiger partial charge in [-0.1, -0.05) is 30.7 Å². The molecule has 1 aromatic heterocycles. The molecule has 9 nitrogen and oxygen atoms in total. The molecule has 0 aliphatic carbocycles. The van der Waals surface area contributed by atoms with Crippen LogP contribution >= 0.6 is 11.6 Å². The van der Waals surface area contributed by atoms with E-state index in [9.17, 15) is 24.6 Å². The summed E-state index contributed by atoms with van der Waals surface area (Å²) in [6.45, 7) is 1.65. The lowest BCUT2D eigenvalue weighted by atomic mass is 10.1. The van der Waals surface area contributed by atoms with E-state index in [-0.39, 0.29) is 34.7 Å². The van der Waals surface area contributed by atoms with E-state index in [2.05, 4.69) is 15.5 Å². The van der Waals surface area contributed by atoms with E-state index in [1.54, 1.807) is 19.1 Å². The number of rotatable bonds is 5. The van der Waals surface area contributed by atoms with Gasteiger partial charge in [-0.05, 0) is 42.8 Å². The largest absolute Gasteiger partial charge is 0.507 e. The first-order valence-corrected chi connectivity index (χ1v) is 9.20. The number of aromatic nitrogens is 2. The summed E-state index contributed by atoms with van der Waals surface area (Å²) in [7, 11) is 0. The molecule has 0 aliphatic rings. The number of hydrogen-bond acceptors (Lipinski definition) is 6. The average Bonchev–Trinajstić information content (AvgIpc) is 2.71. The summed E-state index contributed by atoms with van der Waals surface area (Å²) in [5.74, 6) is -1.58. The van der Waals surface area contributed by atoms with Gasteiger partial charge in [-0.15, -0.1) is 0 Å². The predicted octanol–water partition coefficient (Wildman–Crippen LogP) is 2.13. The molecule has 4 N–H and O–H groups in total. The molecule has 0 unspecified atom stereocenters. The number of para-hydroxylation sites is 1. The lowest BCUT2D eigenvalue weighted by Gasteiger charge is -2.12. The predicted molar refractivity (Wildman–Crippen MR) is 112 cm³/mol. The number of H-pyrrole nitrogens is 1. The molecule has 3 rings (SSSR count). The van der Waals surface area contributed by atoms with Crippen LogP contribution in [0.3, 0.4) is 0 Å². The Balaban J connectivity index is 2.05. The van der Waals surface area contributed by atoms with E-state index >= 15 is 0 Å². The Labute approximate surface area is 174 Å². The van der Waals surface area contributed by atoms with Gasteiger partial charge >= 0.3 is 5.69 Å². The zero-order chi connectivity index (χ0) is 21.8. The molecular formula is C20H17ClN4O5. The maximum Gasteiger partial charge on any atom is 0.335 e. The van der Waals surface area contributed by atoms with Crippen LogP contribution in [-0.2, 0) is 0 Å². The minimum Gasteiger partial charge on any atom is -0.507 e. The van der Waals surface area contributed by atoms with Crippen molar-refractivity contribution in [1.82, 2.24) is 15.0 Å². The van der Waals surface area contributed by atoms with Gasteiger partial charge in [-0.2, -0.15) is 5.10 Å². The molecule has 0 saturated heterocycles. The van der Waals surface area contributed by atoms with Crippen molar-refractivity contribution in [2.45, 2.75) is 13.3 Å². The number of amides is 1. The smallest absolute Gasteiger partial charge is 0.335 e. The molecule has 2 aromatic carbocycles. The number of aromatic amines is 1. The second-order valence-electron chi connectivity index (χ2n) is 6.14. The molecule has 0 radical (unpaired) electrons. The Morgan fingerprint density at radius 2 is 1.80 bits per heavy atom. The molecule has 3 aromatic rings. The molecular weight excluding hydrogens is 412 g/mol. The zero-order valence-electron chi connectivity index (χ0n) is 15.7. The number of nitrogens with one attached hydrogen (secondary N) is 2. The summed E-state index contributed by atoms with van der Waals surface area (Å²) in [4.78, 5) is 39.1. The summed E-state index contributed by atoms with van der Waals surface area (Å²) >= 11 is 5.86. The van der Waals surface area contributed by atoms with Crippen LogP contribution in [0.4, 0.5) is 0 Å². The van der Waals surface area contributed by atoms with Crippen LogP contribution in [0, 0.1) is 0 Å². The topological polar surface area (TPSA) is 137 Å². The minimum absolute atomic E-state index is 0.0130. The normalized spacial score (nSPS) is 11.3. The first-order chi connectivity index (χ1) is 14.3. The summed E-state index contributed by atoms with van der Waals surface area (Å²) in [5, 5.41) is 24.8. The fourth-order valence-corrected chi connectivity index (χ4v) is 2.90. The Bertz CT molecular complexity index is 1250. The van der Waals surface area contributed by atoms with Gasteiger partial charge in [0.05, 0.1) is 17.0 Å². The minimum atomic E-state index is -0.861. The standard InChI is InChI=1S/C20H17ClN4O5/c1-2-14(23-24-17(27)13-5-3-4-6-15(13)26)16-18(28)22-20(30)25(19(16)29)12-9-7-11(21)8-10-12/h3-10,26,29H,2H2,1H3,(H,24,27)(H,22,28,30)/b23-14-. The van der Waals surface area contributed by atoms with Crippen molar-refractivity contribution in [3.8, 4) is 17.3 Å². The average molecular weight is 429 g/mol. The number of phenolic OH excluding ortho intramolecular Hbond substituents is 1. The molecule has 1 heterocycles. The van der Waals surface area contributed by atoms with Crippen LogP contribution in [0.1, 0.15) is 29.3 Å². The lowest BCUT2D eigenvalue weighted by molar-refractivity contribution is 0.0952. The Morgan fingerprint density at radius 1 is 1.13 bits per heavy atom. The highest BCUT2D eigenvalue weighted by Crippen LogP contribution is 2.20. The molecule has 0 spiro atoms. The maximum absolute atomic E-state index is 12.4. The molecule has 0 fully saturated rings. The summed E-state index contributed by atoms with van der Waals surface area (Å²) in [6.07, 6.45) is 0.149. The fraction of sp³-hybridized carbons (Fsp3) is 0.100. The van der Waals surface area contributed by atoms with Crippen LogP contribution in [-0.4, -0.2) is 31.4 Å². The van der Waals surface area contributed by atoms with E-state index in [0.717, 1.165) is 4.57 Å². The highest BCUT2D eigenvalue weighted by atomic mass is 35.5. The highest BCUT2D eigenvalue weighted by Gasteiger charge is 2.20. The van der Waals surface area contributed by atoms with E-state index < -0.39 is 23.0 Å². The molecule has 30 heavy (non-hydrogen) atoms. The van der Waals surface area contributed by atoms with Crippen molar-refractivity contribution in [2.24, 2.45) is 5.10 Å². The van der Waals surface area contributed by atoms with Crippen LogP contribution in [0.15, 0.2) is 63.2 Å². The Hall–Kier alpha value is -3.85. The van der Waals surface area contributed by atoms with Gasteiger partial charge in [0.2, 0.25) is 5.88 Å². The van der Waals surface area contributed by atoms with E-state index in [0.29, 0.717) is 5.02 Å². The van der Waals surface area contributed by atoms with E-state index in [4.69, 9.17) is 11.6 Å². The third-order valence-corrected chi connectivity index (χ3v) is 4.49. The van der Waals surface area contributed by atoms with Crippen LogP contribution < -0.4 is 16.7 Å². The van der Waals surface area contributed by atoms with Gasteiger partial charge in [0.15, 0.2) is 0 Å². The summed E-state index contributed by atoms with van der Waals surface area (Å²) < 4.78 is 0.892. The first kappa shape index (κ1) is 20.9. The quantitative estimate of drug-likeness (QED) is 0.364. The van der Waals surface area contributed by atoms with Crippen LogP contribution in [0.2, 0.25) is 5.02 Å². The zero-order valence-corrected chi connectivity index (χ0v) is 16.5. The highest BCUT2D eigenvalue weighted by molar-refractivity contribution is 6.30. The van der Waals surface area contributed by atoms with Crippen molar-refractivity contribution >= 4 is 23.2 Å². The number of carbonyl (C=O) groups is 1. The summed E-state index contributed by atoms with van der Waals surface area (Å²) in [6, 6.07) is 11.9. The van der Waals surface area contributed by atoms with Gasteiger partial charge in [-0.3, -0.25) is 14.6 Å². The van der Waals surface area contributed by atoms with Crippen molar-refractivity contribution in [3.05, 3.63) is 85.5 Å². The Morgan fingerprint density at radius 3 is 2.43 bits per heavy atom. The number of hydrogen-bond donors (Lipinski definition) is 4. The van der Waals surface area contributed by atoms with E-state index in [1.165, 1.54) is 36.4 Å². The summed E-state index contributed by atoms with van der Waals surface area (Å²) in [5.41, 5.74) is 0.547. The lowest BCUT2D eigenvalue weighted by Crippen LogP contribution is -2.34. The van der Waals surface area contributed by atoms with Gasteiger partial charge in [-0.25, -0.2) is 14.8 Å². The molecule has 154 valence electrons. The number of halogens is 1. The molecule has 0 saturated carbocycles. The van der Waals surface area contributed by atoms with E-state index in [1.807, 2.05) is 0 Å². The number of nitrogens with zero attached hydrogens (tertiary/aromatic N) is 2.